The first-order valence-electron chi connectivity index (χ1n) is 7.55. The molecule has 25 heavy (non-hydrogen) atoms. The Hall–Kier alpha value is -2.67. The van der Waals surface area contributed by atoms with Gasteiger partial charge in [0.05, 0.1) is 16.0 Å². The maximum absolute atomic E-state index is 12.5. The SMILES string of the molecule is CC(C)(Cc1ccc(S(=O)(=O)Nc2ccccc2C=O)cc1)C(=O)O. The molecule has 0 fully saturated rings. The molecule has 7 heteroatoms. The number of benzene rings is 2. The monoisotopic (exact) mass is 361 g/mol. The third kappa shape index (κ3) is 4.45. The van der Waals surface area contributed by atoms with Crippen LogP contribution in [0.2, 0.25) is 0 Å². The number of hydrogen-bond donors (Lipinski definition) is 2. The number of carboxylic acid groups (broad SMARTS) is 1. The molecule has 0 heterocycles. The molecule has 0 aliphatic carbocycles. The maximum atomic E-state index is 12.5. The van der Waals surface area contributed by atoms with E-state index in [4.69, 9.17) is 5.11 Å². The highest BCUT2D eigenvalue weighted by Crippen LogP contribution is 2.24. The largest absolute Gasteiger partial charge is 0.481 e. The predicted molar refractivity (Wildman–Crippen MR) is 94.2 cm³/mol. The second-order valence-corrected chi connectivity index (χ2v) is 8.00. The van der Waals surface area contributed by atoms with Crippen molar-refractivity contribution in [1.29, 1.82) is 0 Å². The number of carboxylic acids is 1. The molecule has 2 rings (SSSR count). The average molecular weight is 361 g/mol. The van der Waals surface area contributed by atoms with Crippen LogP contribution in [0.15, 0.2) is 53.4 Å². The summed E-state index contributed by atoms with van der Waals surface area (Å²) < 4.78 is 27.3. The highest BCUT2D eigenvalue weighted by Gasteiger charge is 2.27. The minimum atomic E-state index is -3.85. The Morgan fingerprint density at radius 1 is 1.12 bits per heavy atom. The zero-order chi connectivity index (χ0) is 18.7. The van der Waals surface area contributed by atoms with E-state index in [-0.39, 0.29) is 22.6 Å². The van der Waals surface area contributed by atoms with Crippen molar-refractivity contribution in [2.45, 2.75) is 25.2 Å². The Bertz CT molecular complexity index is 886. The van der Waals surface area contributed by atoms with E-state index in [0.29, 0.717) is 6.29 Å². The number of hydrogen-bond acceptors (Lipinski definition) is 4. The first-order valence-corrected chi connectivity index (χ1v) is 9.03. The molecule has 0 unspecified atom stereocenters. The van der Waals surface area contributed by atoms with Crippen LogP contribution in [0.25, 0.3) is 0 Å². The molecule has 0 saturated carbocycles. The van der Waals surface area contributed by atoms with E-state index in [1.807, 2.05) is 0 Å². The van der Waals surface area contributed by atoms with Gasteiger partial charge in [-0.2, -0.15) is 0 Å². The normalized spacial score (nSPS) is 11.8. The second-order valence-electron chi connectivity index (χ2n) is 6.32. The molecule has 0 radical (unpaired) electrons. The molecular weight excluding hydrogens is 342 g/mol. The van der Waals surface area contributed by atoms with Crippen LogP contribution in [0.4, 0.5) is 5.69 Å². The number of para-hydroxylation sites is 1. The Balaban J connectivity index is 2.23. The molecule has 0 saturated heterocycles. The summed E-state index contributed by atoms with van der Waals surface area (Å²) in [5.74, 6) is -0.920. The van der Waals surface area contributed by atoms with E-state index in [1.54, 1.807) is 38.1 Å². The van der Waals surface area contributed by atoms with Crippen LogP contribution >= 0.6 is 0 Å². The topological polar surface area (TPSA) is 101 Å². The van der Waals surface area contributed by atoms with E-state index < -0.39 is 21.4 Å². The van der Waals surface area contributed by atoms with Gasteiger partial charge in [0.15, 0.2) is 6.29 Å². The van der Waals surface area contributed by atoms with Crippen molar-refractivity contribution in [3.8, 4) is 0 Å². The van der Waals surface area contributed by atoms with Crippen LogP contribution < -0.4 is 4.72 Å². The van der Waals surface area contributed by atoms with Gasteiger partial charge in [0.2, 0.25) is 0 Å². The highest BCUT2D eigenvalue weighted by molar-refractivity contribution is 7.92. The number of nitrogens with one attached hydrogen (secondary N) is 1. The Morgan fingerprint density at radius 2 is 1.72 bits per heavy atom. The number of rotatable bonds is 7. The molecule has 0 aliphatic rings. The lowest BCUT2D eigenvalue weighted by atomic mass is 9.86. The van der Waals surface area contributed by atoms with Crippen LogP contribution in [-0.4, -0.2) is 25.8 Å². The van der Waals surface area contributed by atoms with Crippen LogP contribution in [0.3, 0.4) is 0 Å². The summed E-state index contributed by atoms with van der Waals surface area (Å²) in [6.07, 6.45) is 0.860. The summed E-state index contributed by atoms with van der Waals surface area (Å²) in [5, 5.41) is 9.17. The fraction of sp³-hybridized carbons (Fsp3) is 0.222. The summed E-state index contributed by atoms with van der Waals surface area (Å²) in [7, 11) is -3.85. The quantitative estimate of drug-likeness (QED) is 0.739. The fourth-order valence-electron chi connectivity index (χ4n) is 2.27. The third-order valence-corrected chi connectivity index (χ3v) is 5.17. The summed E-state index contributed by atoms with van der Waals surface area (Å²) in [4.78, 5) is 22.2. The van der Waals surface area contributed by atoms with Crippen molar-refractivity contribution in [3.05, 3.63) is 59.7 Å². The van der Waals surface area contributed by atoms with Gasteiger partial charge in [-0.15, -0.1) is 0 Å². The molecule has 132 valence electrons. The molecule has 6 nitrogen and oxygen atoms in total. The maximum Gasteiger partial charge on any atom is 0.309 e. The van der Waals surface area contributed by atoms with Gasteiger partial charge in [0, 0.05) is 5.56 Å². The molecule has 0 spiro atoms. The zero-order valence-electron chi connectivity index (χ0n) is 13.9. The standard InChI is InChI=1S/C18H19NO5S/c1-18(2,17(21)22)11-13-7-9-15(10-8-13)25(23,24)19-16-6-4-3-5-14(16)12-20/h3-10,12,19H,11H2,1-2H3,(H,21,22). The average Bonchev–Trinajstić information content (AvgIpc) is 2.55. The predicted octanol–water partition coefficient (Wildman–Crippen LogP) is 2.95. The first kappa shape index (κ1) is 18.7. The van der Waals surface area contributed by atoms with Crippen molar-refractivity contribution >= 4 is 28.0 Å². The van der Waals surface area contributed by atoms with Crippen LogP contribution in [-0.2, 0) is 21.2 Å². The molecule has 0 amide bonds. The number of sulfonamides is 1. The van der Waals surface area contributed by atoms with Crippen molar-refractivity contribution in [2.75, 3.05) is 4.72 Å². The Labute approximate surface area is 146 Å². The molecular formula is C18H19NO5S. The Kier molecular flexibility index (Phi) is 5.27. The molecule has 2 N–H and O–H groups in total. The van der Waals surface area contributed by atoms with Crippen molar-refractivity contribution in [2.24, 2.45) is 5.41 Å². The second kappa shape index (κ2) is 7.06. The van der Waals surface area contributed by atoms with E-state index in [1.165, 1.54) is 24.3 Å². The number of carbonyl (C=O) groups excluding carboxylic acids is 1. The van der Waals surface area contributed by atoms with Gasteiger partial charge in [-0.1, -0.05) is 24.3 Å². The molecule has 2 aromatic rings. The third-order valence-electron chi connectivity index (χ3n) is 3.79. The fourth-order valence-corrected chi connectivity index (χ4v) is 3.36. The van der Waals surface area contributed by atoms with Gasteiger partial charge in [-0.05, 0) is 50.1 Å². The lowest BCUT2D eigenvalue weighted by molar-refractivity contribution is -0.146. The smallest absolute Gasteiger partial charge is 0.309 e. The number of aldehydes is 1. The molecule has 0 bridgehead atoms. The van der Waals surface area contributed by atoms with Crippen LogP contribution in [0, 0.1) is 5.41 Å². The van der Waals surface area contributed by atoms with Gasteiger partial charge in [0.25, 0.3) is 10.0 Å². The van der Waals surface area contributed by atoms with E-state index >= 15 is 0 Å². The van der Waals surface area contributed by atoms with Crippen molar-refractivity contribution in [1.82, 2.24) is 0 Å². The number of anilines is 1. The summed E-state index contributed by atoms with van der Waals surface area (Å²) in [6, 6.07) is 12.3. The summed E-state index contributed by atoms with van der Waals surface area (Å²) in [6.45, 7) is 3.22. The molecule has 0 atom stereocenters. The number of aliphatic carboxylic acids is 1. The van der Waals surface area contributed by atoms with E-state index in [2.05, 4.69) is 4.72 Å². The van der Waals surface area contributed by atoms with E-state index in [9.17, 15) is 18.0 Å². The highest BCUT2D eigenvalue weighted by atomic mass is 32.2. The van der Waals surface area contributed by atoms with Crippen molar-refractivity contribution in [3.63, 3.8) is 0 Å². The van der Waals surface area contributed by atoms with E-state index in [0.717, 1.165) is 5.56 Å². The summed E-state index contributed by atoms with van der Waals surface area (Å²) in [5.41, 5.74) is 0.223. The van der Waals surface area contributed by atoms with Crippen LogP contribution in [0.5, 0.6) is 0 Å². The van der Waals surface area contributed by atoms with Crippen molar-refractivity contribution < 1.29 is 23.1 Å². The number of carbonyl (C=O) groups is 2. The van der Waals surface area contributed by atoms with Gasteiger partial charge in [-0.25, -0.2) is 8.42 Å². The Morgan fingerprint density at radius 3 is 2.28 bits per heavy atom. The summed E-state index contributed by atoms with van der Waals surface area (Å²) >= 11 is 0. The first-order chi connectivity index (χ1) is 11.7. The molecule has 2 aromatic carbocycles. The van der Waals surface area contributed by atoms with Gasteiger partial charge in [0.1, 0.15) is 0 Å². The minimum absolute atomic E-state index is 0.0325. The zero-order valence-corrected chi connectivity index (χ0v) is 14.7. The van der Waals surface area contributed by atoms with Gasteiger partial charge in [-0.3, -0.25) is 14.3 Å². The molecule has 0 aromatic heterocycles. The van der Waals surface area contributed by atoms with Crippen LogP contribution in [0.1, 0.15) is 29.8 Å². The minimum Gasteiger partial charge on any atom is -0.481 e. The van der Waals surface area contributed by atoms with Gasteiger partial charge < -0.3 is 5.11 Å². The van der Waals surface area contributed by atoms with Gasteiger partial charge >= 0.3 is 5.97 Å². The lowest BCUT2D eigenvalue weighted by Gasteiger charge is -2.19. The lowest BCUT2D eigenvalue weighted by Crippen LogP contribution is -2.26. The molecule has 0 aliphatic heterocycles.